The monoisotopic (exact) mass is 244 g/mol. The first-order chi connectivity index (χ1) is 7.44. The van der Waals surface area contributed by atoms with Gasteiger partial charge in [0, 0.05) is 13.1 Å². The van der Waals surface area contributed by atoms with Crippen molar-refractivity contribution in [1.29, 1.82) is 0 Å². The highest BCUT2D eigenvalue weighted by atomic mass is 32.2. The Kier molecular flexibility index (Phi) is 2.67. The van der Waals surface area contributed by atoms with Crippen LogP contribution in [0.2, 0.25) is 0 Å². The Bertz CT molecular complexity index is 477. The quantitative estimate of drug-likeness (QED) is 0.802. The topological polar surface area (TPSA) is 92.1 Å². The van der Waals surface area contributed by atoms with Gasteiger partial charge in [-0.1, -0.05) is 0 Å². The lowest BCUT2D eigenvalue weighted by Gasteiger charge is -2.23. The van der Waals surface area contributed by atoms with Crippen LogP contribution in [0.15, 0.2) is 11.1 Å². The van der Waals surface area contributed by atoms with Gasteiger partial charge in [-0.2, -0.15) is 9.40 Å². The summed E-state index contributed by atoms with van der Waals surface area (Å²) in [4.78, 5) is 0.0579. The van der Waals surface area contributed by atoms with Crippen LogP contribution in [-0.4, -0.2) is 36.0 Å². The Morgan fingerprint density at radius 3 is 2.69 bits per heavy atom. The largest absolute Gasteiger partial charge is 0.383 e. The Morgan fingerprint density at radius 2 is 2.25 bits per heavy atom. The highest BCUT2D eigenvalue weighted by molar-refractivity contribution is 7.89. The highest BCUT2D eigenvalue weighted by Gasteiger charge is 2.37. The van der Waals surface area contributed by atoms with Gasteiger partial charge in [0.05, 0.1) is 6.20 Å². The maximum absolute atomic E-state index is 12.2. The highest BCUT2D eigenvalue weighted by Crippen LogP contribution is 2.36. The smallest absolute Gasteiger partial charge is 0.248 e. The number of nitrogens with one attached hydrogen (secondary N) is 1. The average Bonchev–Trinajstić information content (AvgIpc) is 2.99. The molecule has 0 spiro atoms. The number of hydrogen-bond acceptors (Lipinski definition) is 4. The molecule has 1 unspecified atom stereocenters. The van der Waals surface area contributed by atoms with Crippen molar-refractivity contribution in [2.24, 2.45) is 5.92 Å². The Hall–Kier alpha value is -1.08. The first-order valence-electron chi connectivity index (χ1n) is 5.21. The van der Waals surface area contributed by atoms with Crippen LogP contribution in [0, 0.1) is 5.92 Å². The van der Waals surface area contributed by atoms with Crippen molar-refractivity contribution in [3.8, 4) is 0 Å². The molecule has 90 valence electrons. The van der Waals surface area contributed by atoms with E-state index < -0.39 is 10.0 Å². The van der Waals surface area contributed by atoms with E-state index in [0.717, 1.165) is 12.8 Å². The number of anilines is 1. The second-order valence-electron chi connectivity index (χ2n) is 4.25. The zero-order valence-electron chi connectivity index (χ0n) is 9.34. The van der Waals surface area contributed by atoms with Crippen LogP contribution in [0.25, 0.3) is 0 Å². The minimum Gasteiger partial charge on any atom is -0.383 e. The maximum Gasteiger partial charge on any atom is 0.248 e. The van der Waals surface area contributed by atoms with Gasteiger partial charge in [-0.25, -0.2) is 8.42 Å². The van der Waals surface area contributed by atoms with Crippen LogP contribution >= 0.6 is 0 Å². The number of H-pyrrole nitrogens is 1. The summed E-state index contributed by atoms with van der Waals surface area (Å²) in [6, 6.07) is 0.0132. The van der Waals surface area contributed by atoms with Crippen molar-refractivity contribution in [1.82, 2.24) is 14.5 Å². The molecule has 0 bridgehead atoms. The number of aromatic amines is 1. The zero-order valence-corrected chi connectivity index (χ0v) is 10.2. The van der Waals surface area contributed by atoms with E-state index in [1.807, 2.05) is 6.92 Å². The standard InChI is InChI=1S/C9H16N4O2S/c1-6(7-3-4-7)13(2)16(14,15)8-5-11-12-9(8)10/h5-7H,3-4H2,1-2H3,(H3,10,11,12). The molecule has 1 heterocycles. The van der Waals surface area contributed by atoms with E-state index in [4.69, 9.17) is 5.73 Å². The van der Waals surface area contributed by atoms with Gasteiger partial charge in [-0.05, 0) is 25.7 Å². The molecule has 6 nitrogen and oxygen atoms in total. The van der Waals surface area contributed by atoms with E-state index in [9.17, 15) is 8.42 Å². The minimum absolute atomic E-state index is 0.0132. The number of sulfonamides is 1. The second kappa shape index (κ2) is 3.74. The SMILES string of the molecule is CC(C1CC1)N(C)S(=O)(=O)c1cn[nH]c1N. The van der Waals surface area contributed by atoms with Gasteiger partial charge in [0.25, 0.3) is 0 Å². The molecular formula is C9H16N4O2S. The van der Waals surface area contributed by atoms with Crippen molar-refractivity contribution >= 4 is 15.8 Å². The molecule has 0 aromatic carbocycles. The molecule has 1 aromatic rings. The van der Waals surface area contributed by atoms with E-state index in [1.165, 1.54) is 10.5 Å². The normalized spacial score (nSPS) is 18.9. The van der Waals surface area contributed by atoms with E-state index in [1.54, 1.807) is 7.05 Å². The molecule has 0 saturated heterocycles. The van der Waals surface area contributed by atoms with Crippen LogP contribution in [0.1, 0.15) is 19.8 Å². The third-order valence-corrected chi connectivity index (χ3v) is 5.14. The van der Waals surface area contributed by atoms with Crippen LogP contribution < -0.4 is 5.73 Å². The third kappa shape index (κ3) is 1.80. The molecule has 7 heteroatoms. The molecule has 3 N–H and O–H groups in total. The second-order valence-corrected chi connectivity index (χ2v) is 6.21. The predicted octanol–water partition coefficient (Wildman–Crippen LogP) is 0.411. The van der Waals surface area contributed by atoms with Crippen LogP contribution in [0.4, 0.5) is 5.82 Å². The minimum atomic E-state index is -3.52. The summed E-state index contributed by atoms with van der Waals surface area (Å²) in [5, 5.41) is 6.07. The molecule has 1 aromatic heterocycles. The van der Waals surface area contributed by atoms with Crippen molar-refractivity contribution in [2.45, 2.75) is 30.7 Å². The number of nitrogens with two attached hydrogens (primary N) is 1. The number of hydrogen-bond donors (Lipinski definition) is 2. The molecule has 1 fully saturated rings. The number of rotatable bonds is 4. The summed E-state index contributed by atoms with van der Waals surface area (Å²) < 4.78 is 25.7. The molecule has 0 radical (unpaired) electrons. The summed E-state index contributed by atoms with van der Waals surface area (Å²) in [7, 11) is -1.93. The van der Waals surface area contributed by atoms with E-state index in [-0.39, 0.29) is 16.8 Å². The van der Waals surface area contributed by atoms with Crippen molar-refractivity contribution in [2.75, 3.05) is 12.8 Å². The first-order valence-corrected chi connectivity index (χ1v) is 6.65. The fourth-order valence-electron chi connectivity index (χ4n) is 1.74. The van der Waals surface area contributed by atoms with Crippen molar-refractivity contribution in [3.63, 3.8) is 0 Å². The summed E-state index contributed by atoms with van der Waals surface area (Å²) in [6.07, 6.45) is 3.45. The summed E-state index contributed by atoms with van der Waals surface area (Å²) in [6.45, 7) is 1.92. The lowest BCUT2D eigenvalue weighted by molar-refractivity contribution is 0.357. The van der Waals surface area contributed by atoms with Crippen LogP contribution in [-0.2, 0) is 10.0 Å². The number of aromatic nitrogens is 2. The van der Waals surface area contributed by atoms with Gasteiger partial charge in [0.15, 0.2) is 0 Å². The van der Waals surface area contributed by atoms with Gasteiger partial charge in [0.1, 0.15) is 10.7 Å². The predicted molar refractivity (Wildman–Crippen MR) is 60.1 cm³/mol. The molecule has 1 saturated carbocycles. The fourth-order valence-corrected chi connectivity index (χ4v) is 3.17. The summed E-state index contributed by atoms with van der Waals surface area (Å²) >= 11 is 0. The van der Waals surface area contributed by atoms with Crippen LogP contribution in [0.5, 0.6) is 0 Å². The van der Waals surface area contributed by atoms with Crippen LogP contribution in [0.3, 0.4) is 0 Å². The molecular weight excluding hydrogens is 228 g/mol. The Morgan fingerprint density at radius 1 is 1.62 bits per heavy atom. The van der Waals surface area contributed by atoms with Gasteiger partial charge >= 0.3 is 0 Å². The first kappa shape index (κ1) is 11.4. The summed E-state index contributed by atoms with van der Waals surface area (Å²) in [5.41, 5.74) is 5.53. The zero-order chi connectivity index (χ0) is 11.9. The maximum atomic E-state index is 12.2. The number of nitrogen functional groups attached to an aromatic ring is 1. The van der Waals surface area contributed by atoms with Crippen molar-refractivity contribution in [3.05, 3.63) is 6.20 Å². The molecule has 1 atom stereocenters. The van der Waals surface area contributed by atoms with E-state index in [0.29, 0.717) is 5.92 Å². The third-order valence-electron chi connectivity index (χ3n) is 3.17. The summed E-state index contributed by atoms with van der Waals surface area (Å²) in [5.74, 6) is 0.572. The molecule has 2 rings (SSSR count). The van der Waals surface area contributed by atoms with E-state index in [2.05, 4.69) is 10.2 Å². The van der Waals surface area contributed by atoms with Gasteiger partial charge in [-0.15, -0.1) is 0 Å². The lowest BCUT2D eigenvalue weighted by atomic mass is 10.2. The lowest BCUT2D eigenvalue weighted by Crippen LogP contribution is -2.36. The fraction of sp³-hybridized carbons (Fsp3) is 0.667. The number of nitrogens with zero attached hydrogens (tertiary/aromatic N) is 2. The molecule has 0 amide bonds. The molecule has 1 aliphatic rings. The molecule has 1 aliphatic carbocycles. The average molecular weight is 244 g/mol. The van der Waals surface area contributed by atoms with Crippen molar-refractivity contribution < 1.29 is 8.42 Å². The Labute approximate surface area is 94.9 Å². The molecule has 16 heavy (non-hydrogen) atoms. The van der Waals surface area contributed by atoms with Gasteiger partial charge < -0.3 is 5.73 Å². The molecule has 0 aliphatic heterocycles. The van der Waals surface area contributed by atoms with Gasteiger partial charge in [-0.3, -0.25) is 5.10 Å². The van der Waals surface area contributed by atoms with E-state index >= 15 is 0 Å². The Balaban J connectivity index is 2.28. The van der Waals surface area contributed by atoms with Gasteiger partial charge in [0.2, 0.25) is 10.0 Å².